The molecule has 2 aliphatic carbocycles. The van der Waals surface area contributed by atoms with E-state index in [0.717, 1.165) is 0 Å². The fraction of sp³-hybridized carbons (Fsp3) is 0.778. The number of carbonyl (C=O) groups excluding carboxylic acids is 4. The summed E-state index contributed by atoms with van der Waals surface area (Å²) in [5.74, 6) is 0.463. The summed E-state index contributed by atoms with van der Waals surface area (Å²) in [4.78, 5) is 47.8. The molecule has 0 unspecified atom stereocenters. The van der Waals surface area contributed by atoms with Crippen LogP contribution in [-0.4, -0.2) is 48.8 Å². The van der Waals surface area contributed by atoms with E-state index in [1.807, 2.05) is 0 Å². The molecule has 0 aromatic heterocycles. The summed E-state index contributed by atoms with van der Waals surface area (Å²) in [5, 5.41) is 11.0. The van der Waals surface area contributed by atoms with Crippen molar-refractivity contribution in [2.75, 3.05) is 13.1 Å². The number of nitrogens with one attached hydrogen (secondary N) is 4. The van der Waals surface area contributed by atoms with Gasteiger partial charge in [-0.3, -0.25) is 19.2 Å². The number of hydrogen-bond donors (Lipinski definition) is 4. The topological polar surface area (TPSA) is 116 Å². The highest BCUT2D eigenvalue weighted by Crippen LogP contribution is 2.28. The Kier molecular flexibility index (Phi) is 6.11. The summed E-state index contributed by atoms with van der Waals surface area (Å²) >= 11 is 0. The molecule has 0 aromatic rings. The third-order valence-corrected chi connectivity index (χ3v) is 5.16. The zero-order valence-electron chi connectivity index (χ0n) is 15.0. The number of hydrogen-bond acceptors (Lipinski definition) is 4. The zero-order valence-corrected chi connectivity index (χ0v) is 15.0. The Morgan fingerprint density at radius 2 is 1.15 bits per heavy atom. The predicted octanol–water partition coefficient (Wildman–Crippen LogP) is -0.418. The van der Waals surface area contributed by atoms with E-state index >= 15 is 0 Å². The first-order valence-electron chi connectivity index (χ1n) is 9.65. The monoisotopic (exact) mass is 364 g/mol. The minimum absolute atomic E-state index is 0.0894. The second-order valence-electron chi connectivity index (χ2n) is 7.69. The van der Waals surface area contributed by atoms with Crippen molar-refractivity contribution in [3.8, 4) is 0 Å². The van der Waals surface area contributed by atoms with Crippen molar-refractivity contribution in [1.29, 1.82) is 0 Å². The molecule has 1 heterocycles. The minimum Gasteiger partial charge on any atom is -0.356 e. The van der Waals surface area contributed by atoms with Crippen LogP contribution in [0.25, 0.3) is 0 Å². The van der Waals surface area contributed by atoms with E-state index in [-0.39, 0.29) is 49.3 Å². The normalized spacial score (nSPS) is 25.2. The van der Waals surface area contributed by atoms with E-state index in [9.17, 15) is 19.2 Å². The van der Waals surface area contributed by atoms with Crippen LogP contribution >= 0.6 is 0 Å². The standard InChI is InChI=1S/C18H28N4O4/c23-15(19-9-11-1-2-11)7-5-13-17(25)22-14(18(26)21-13)6-8-16(24)20-10-12-3-4-12/h11-14H,1-10H2,(H,19,23)(H,20,24)(H,21,26)(H,22,25)/t13-,14-/m1/s1. The summed E-state index contributed by atoms with van der Waals surface area (Å²) < 4.78 is 0. The average Bonchev–Trinajstić information content (AvgIpc) is 3.51. The maximum absolute atomic E-state index is 12.1. The van der Waals surface area contributed by atoms with E-state index in [0.29, 0.717) is 24.9 Å². The molecule has 4 N–H and O–H groups in total. The first kappa shape index (κ1) is 18.7. The first-order valence-corrected chi connectivity index (χ1v) is 9.65. The van der Waals surface area contributed by atoms with Gasteiger partial charge in [-0.15, -0.1) is 0 Å². The number of amides is 4. The van der Waals surface area contributed by atoms with Gasteiger partial charge in [0.05, 0.1) is 0 Å². The van der Waals surface area contributed by atoms with Crippen LogP contribution in [0.5, 0.6) is 0 Å². The van der Waals surface area contributed by atoms with Gasteiger partial charge in [0.15, 0.2) is 0 Å². The molecule has 2 atom stereocenters. The molecule has 8 nitrogen and oxygen atoms in total. The summed E-state index contributed by atoms with van der Waals surface area (Å²) in [7, 11) is 0. The molecule has 3 fully saturated rings. The second-order valence-corrected chi connectivity index (χ2v) is 7.69. The van der Waals surface area contributed by atoms with Gasteiger partial charge in [0.25, 0.3) is 0 Å². The molecule has 0 radical (unpaired) electrons. The number of rotatable bonds is 10. The molecule has 2 saturated carbocycles. The Balaban J connectivity index is 1.33. The van der Waals surface area contributed by atoms with E-state index < -0.39 is 12.1 Å². The third kappa shape index (κ3) is 6.00. The van der Waals surface area contributed by atoms with Gasteiger partial charge in [-0.05, 0) is 50.4 Å². The van der Waals surface area contributed by atoms with Crippen molar-refractivity contribution in [3.05, 3.63) is 0 Å². The largest absolute Gasteiger partial charge is 0.356 e. The molecule has 8 heteroatoms. The highest BCUT2D eigenvalue weighted by atomic mass is 16.2. The number of carbonyl (C=O) groups is 4. The molecule has 26 heavy (non-hydrogen) atoms. The van der Waals surface area contributed by atoms with Crippen molar-refractivity contribution < 1.29 is 19.2 Å². The quantitative estimate of drug-likeness (QED) is 0.421. The van der Waals surface area contributed by atoms with Gasteiger partial charge in [-0.1, -0.05) is 0 Å². The van der Waals surface area contributed by atoms with Gasteiger partial charge in [-0.25, -0.2) is 0 Å². The highest BCUT2D eigenvalue weighted by molar-refractivity contribution is 5.97. The van der Waals surface area contributed by atoms with E-state index in [1.54, 1.807) is 0 Å². The van der Waals surface area contributed by atoms with E-state index in [2.05, 4.69) is 21.3 Å². The van der Waals surface area contributed by atoms with Crippen LogP contribution in [0.1, 0.15) is 51.4 Å². The average molecular weight is 364 g/mol. The second kappa shape index (κ2) is 8.51. The maximum Gasteiger partial charge on any atom is 0.243 e. The lowest BCUT2D eigenvalue weighted by molar-refractivity contribution is -0.137. The molecule has 1 saturated heterocycles. The van der Waals surface area contributed by atoms with Crippen LogP contribution in [0.15, 0.2) is 0 Å². The molecular formula is C18H28N4O4. The van der Waals surface area contributed by atoms with Gasteiger partial charge in [0.1, 0.15) is 12.1 Å². The van der Waals surface area contributed by atoms with Crippen LogP contribution in [0.2, 0.25) is 0 Å². The fourth-order valence-electron chi connectivity index (χ4n) is 2.97. The Labute approximate surface area is 153 Å². The van der Waals surface area contributed by atoms with Gasteiger partial charge in [-0.2, -0.15) is 0 Å². The molecule has 0 spiro atoms. The van der Waals surface area contributed by atoms with Crippen molar-refractivity contribution in [2.24, 2.45) is 11.8 Å². The van der Waals surface area contributed by atoms with Crippen LogP contribution in [0.3, 0.4) is 0 Å². The highest BCUT2D eigenvalue weighted by Gasteiger charge is 2.34. The van der Waals surface area contributed by atoms with Crippen LogP contribution < -0.4 is 21.3 Å². The SMILES string of the molecule is O=C(CC[C@H]1NC(=O)[C@@H](CCC(=O)NCC2CC2)NC1=O)NCC1CC1. The van der Waals surface area contributed by atoms with Crippen LogP contribution in [0, 0.1) is 11.8 Å². The Morgan fingerprint density at radius 3 is 1.50 bits per heavy atom. The van der Waals surface area contributed by atoms with Crippen molar-refractivity contribution in [3.63, 3.8) is 0 Å². The Morgan fingerprint density at radius 1 is 0.769 bits per heavy atom. The van der Waals surface area contributed by atoms with Gasteiger partial charge >= 0.3 is 0 Å². The zero-order chi connectivity index (χ0) is 18.5. The molecule has 3 aliphatic rings. The first-order chi connectivity index (χ1) is 12.5. The number of piperazine rings is 1. The molecular weight excluding hydrogens is 336 g/mol. The lowest BCUT2D eigenvalue weighted by Gasteiger charge is -2.29. The maximum atomic E-state index is 12.1. The summed E-state index contributed by atoms with van der Waals surface area (Å²) in [6.07, 6.45) is 5.65. The smallest absolute Gasteiger partial charge is 0.243 e. The molecule has 1 aliphatic heterocycles. The lowest BCUT2D eigenvalue weighted by Crippen LogP contribution is -2.61. The predicted molar refractivity (Wildman–Crippen MR) is 93.8 cm³/mol. The van der Waals surface area contributed by atoms with Gasteiger partial charge < -0.3 is 21.3 Å². The molecule has 144 valence electrons. The molecule has 0 aromatic carbocycles. The summed E-state index contributed by atoms with van der Waals surface area (Å²) in [6.45, 7) is 1.40. The summed E-state index contributed by atoms with van der Waals surface area (Å²) in [5.41, 5.74) is 0. The van der Waals surface area contributed by atoms with Gasteiger partial charge in [0, 0.05) is 25.9 Å². The third-order valence-electron chi connectivity index (χ3n) is 5.16. The summed E-state index contributed by atoms with van der Waals surface area (Å²) in [6, 6.07) is -1.37. The van der Waals surface area contributed by atoms with E-state index in [4.69, 9.17) is 0 Å². The Hall–Kier alpha value is -2.12. The molecule has 4 amide bonds. The fourth-order valence-corrected chi connectivity index (χ4v) is 2.97. The van der Waals surface area contributed by atoms with Gasteiger partial charge in [0.2, 0.25) is 23.6 Å². The Bertz CT molecular complexity index is 522. The lowest BCUT2D eigenvalue weighted by atomic mass is 10.0. The molecule has 0 bridgehead atoms. The van der Waals surface area contributed by atoms with Crippen molar-refractivity contribution >= 4 is 23.6 Å². The van der Waals surface area contributed by atoms with Crippen LogP contribution in [0.4, 0.5) is 0 Å². The van der Waals surface area contributed by atoms with Crippen molar-refractivity contribution in [2.45, 2.75) is 63.5 Å². The van der Waals surface area contributed by atoms with Crippen LogP contribution in [-0.2, 0) is 19.2 Å². The molecule has 3 rings (SSSR count). The minimum atomic E-state index is -0.686. The van der Waals surface area contributed by atoms with Crippen molar-refractivity contribution in [1.82, 2.24) is 21.3 Å². The van der Waals surface area contributed by atoms with E-state index in [1.165, 1.54) is 25.7 Å².